The first-order chi connectivity index (χ1) is 20.9. The fourth-order valence-corrected chi connectivity index (χ4v) is 5.92. The molecule has 0 saturated carbocycles. The summed E-state index contributed by atoms with van der Waals surface area (Å²) in [5.74, 6) is -0.177. The van der Waals surface area contributed by atoms with Crippen molar-refractivity contribution in [3.05, 3.63) is 112 Å². The Morgan fingerprint density at radius 2 is 1.74 bits per heavy atom. The Hall–Kier alpha value is -4.18. The van der Waals surface area contributed by atoms with Crippen LogP contribution in [-0.2, 0) is 25.7 Å². The highest BCUT2D eigenvalue weighted by atomic mass is 35.5. The second-order valence-electron chi connectivity index (χ2n) is 10.1. The van der Waals surface area contributed by atoms with E-state index >= 15 is 0 Å². The van der Waals surface area contributed by atoms with Gasteiger partial charge < -0.3 is 19.7 Å². The predicted molar refractivity (Wildman–Crippen MR) is 168 cm³/mol. The van der Waals surface area contributed by atoms with E-state index in [1.165, 1.54) is 16.2 Å². The quantitative estimate of drug-likeness (QED) is 0.181. The van der Waals surface area contributed by atoms with Crippen molar-refractivity contribution < 1.29 is 23.9 Å². The first kappa shape index (κ1) is 30.3. The summed E-state index contributed by atoms with van der Waals surface area (Å²) in [5, 5.41) is 5.03. The largest absolute Gasteiger partial charge is 0.460 e. The highest BCUT2D eigenvalue weighted by Gasteiger charge is 2.39. The van der Waals surface area contributed by atoms with Crippen LogP contribution in [0.2, 0.25) is 0 Å². The second kappa shape index (κ2) is 14.3. The summed E-state index contributed by atoms with van der Waals surface area (Å²) in [7, 11) is 0. The Labute approximate surface area is 259 Å². The number of alkyl halides is 1. The Morgan fingerprint density at radius 3 is 2.42 bits per heavy atom. The number of aryl methyl sites for hydroxylation is 1. The van der Waals surface area contributed by atoms with Crippen molar-refractivity contribution in [2.24, 2.45) is 0 Å². The number of hydrogen-bond donors (Lipinski definition) is 1. The number of anilines is 1. The molecule has 0 radical (unpaired) electrons. The van der Waals surface area contributed by atoms with Gasteiger partial charge in [0.15, 0.2) is 0 Å². The van der Waals surface area contributed by atoms with E-state index in [0.29, 0.717) is 35.2 Å². The number of esters is 1. The molecule has 1 aromatic heterocycles. The monoisotopic (exact) mass is 617 g/mol. The van der Waals surface area contributed by atoms with Gasteiger partial charge in [0.1, 0.15) is 36.1 Å². The average molecular weight is 618 g/mol. The predicted octanol–water partition coefficient (Wildman–Crippen LogP) is 5.71. The zero-order valence-electron chi connectivity index (χ0n) is 23.6. The molecule has 5 rings (SSSR count). The van der Waals surface area contributed by atoms with Crippen LogP contribution in [0.1, 0.15) is 22.0 Å². The van der Waals surface area contributed by atoms with Gasteiger partial charge in [0.05, 0.1) is 0 Å². The van der Waals surface area contributed by atoms with Crippen LogP contribution in [0.15, 0.2) is 96.4 Å². The number of piperazine rings is 1. The summed E-state index contributed by atoms with van der Waals surface area (Å²) in [6, 6.07) is 26.2. The minimum Gasteiger partial charge on any atom is -0.460 e. The zero-order chi connectivity index (χ0) is 30.2. The molecule has 0 unspecified atom stereocenters. The molecule has 1 N–H and O–H groups in total. The molecule has 3 aromatic carbocycles. The van der Waals surface area contributed by atoms with E-state index in [4.69, 9.17) is 21.1 Å². The highest BCUT2D eigenvalue weighted by molar-refractivity contribution is 7.10. The average Bonchev–Trinajstić information content (AvgIpc) is 3.58. The van der Waals surface area contributed by atoms with Gasteiger partial charge >= 0.3 is 5.97 Å². The number of nitrogens with zero attached hydrogens (tertiary/aromatic N) is 2. The van der Waals surface area contributed by atoms with Crippen molar-refractivity contribution in [1.29, 1.82) is 0 Å². The van der Waals surface area contributed by atoms with Crippen molar-refractivity contribution in [2.75, 3.05) is 30.4 Å². The first-order valence-electron chi connectivity index (χ1n) is 13.9. The molecular weight excluding hydrogens is 586 g/mol. The lowest BCUT2D eigenvalue weighted by Crippen LogP contribution is -2.58. The van der Waals surface area contributed by atoms with Crippen LogP contribution in [0, 0.1) is 6.92 Å². The number of amides is 2. The van der Waals surface area contributed by atoms with Crippen LogP contribution in [0.4, 0.5) is 5.69 Å². The van der Waals surface area contributed by atoms with Crippen LogP contribution >= 0.6 is 22.9 Å². The Morgan fingerprint density at radius 1 is 1.00 bits per heavy atom. The van der Waals surface area contributed by atoms with Crippen LogP contribution in [0.3, 0.4) is 0 Å². The summed E-state index contributed by atoms with van der Waals surface area (Å²) in [6.45, 7) is 2.89. The van der Waals surface area contributed by atoms with Crippen LogP contribution in [0.5, 0.6) is 11.5 Å². The van der Waals surface area contributed by atoms with Gasteiger partial charge in [-0.2, -0.15) is 0 Å². The molecule has 1 aliphatic rings. The van der Waals surface area contributed by atoms with E-state index < -0.39 is 24.0 Å². The van der Waals surface area contributed by atoms with E-state index in [0.717, 1.165) is 11.1 Å². The number of thiophene rings is 1. The number of para-hydroxylation sites is 1. The van der Waals surface area contributed by atoms with E-state index in [2.05, 4.69) is 5.32 Å². The van der Waals surface area contributed by atoms with Gasteiger partial charge in [0.25, 0.3) is 5.91 Å². The number of nitrogens with one attached hydrogen (secondary N) is 1. The fourth-order valence-electron chi connectivity index (χ4n) is 4.98. The van der Waals surface area contributed by atoms with E-state index in [-0.39, 0.29) is 24.9 Å². The molecule has 0 bridgehead atoms. The van der Waals surface area contributed by atoms with Gasteiger partial charge in [0.2, 0.25) is 5.91 Å². The molecule has 2 atom stereocenters. The van der Waals surface area contributed by atoms with Crippen LogP contribution in [0.25, 0.3) is 0 Å². The van der Waals surface area contributed by atoms with E-state index in [9.17, 15) is 14.4 Å². The molecule has 1 aliphatic heterocycles. The van der Waals surface area contributed by atoms with Gasteiger partial charge in [-0.25, -0.2) is 0 Å². The van der Waals surface area contributed by atoms with Crippen molar-refractivity contribution in [3.63, 3.8) is 0 Å². The molecule has 1 saturated heterocycles. The van der Waals surface area contributed by atoms with Gasteiger partial charge in [0, 0.05) is 30.2 Å². The smallest absolute Gasteiger partial charge is 0.325 e. The second-order valence-corrected chi connectivity index (χ2v) is 11.3. The molecule has 10 heteroatoms. The topological polar surface area (TPSA) is 88.2 Å². The summed E-state index contributed by atoms with van der Waals surface area (Å²) >= 11 is 7.51. The number of rotatable bonds is 10. The molecule has 0 aliphatic carbocycles. The third-order valence-corrected chi connectivity index (χ3v) is 8.24. The lowest BCUT2D eigenvalue weighted by Gasteiger charge is -2.38. The number of hydrogen-bond acceptors (Lipinski definition) is 7. The number of carbonyl (C=O) groups excluding carboxylic acids is 3. The molecule has 1 fully saturated rings. The molecule has 2 amide bonds. The summed E-state index contributed by atoms with van der Waals surface area (Å²) in [6.07, 6.45) is 0. The van der Waals surface area contributed by atoms with Crippen molar-refractivity contribution in [1.82, 2.24) is 10.2 Å². The molecular formula is C33H32ClN3O5S. The maximum absolute atomic E-state index is 14.3. The lowest BCUT2D eigenvalue weighted by atomic mass is 10.1. The SMILES string of the molecule is Cc1cc(Oc2ccccc2)ccc1N(C(=O)CCl)[C@@H](C(=O)N1CCN[C@@H](C(=O)OCc2ccccc2)C1)c1cccs1. The third kappa shape index (κ3) is 7.43. The normalized spacial score (nSPS) is 15.4. The van der Waals surface area contributed by atoms with Gasteiger partial charge in [-0.05, 0) is 59.8 Å². The number of ether oxygens (including phenoxy) is 2. The van der Waals surface area contributed by atoms with Gasteiger partial charge in [-0.1, -0.05) is 54.6 Å². The van der Waals surface area contributed by atoms with E-state index in [1.54, 1.807) is 17.0 Å². The molecule has 43 heavy (non-hydrogen) atoms. The standard InChI is InChI=1S/C33H32ClN3O5S/c1-23-19-26(42-25-11-6-3-7-12-25)14-15-28(23)37(30(38)20-34)31(29-13-8-18-43-29)32(39)36-17-16-35-27(21-36)33(40)41-22-24-9-4-2-5-10-24/h2-15,18-19,27,31,35H,16-17,20-22H2,1H3/t27-,31-/m1/s1. The van der Waals surface area contributed by atoms with Crippen molar-refractivity contribution in [2.45, 2.75) is 25.6 Å². The van der Waals surface area contributed by atoms with Crippen LogP contribution < -0.4 is 15.0 Å². The Balaban J connectivity index is 1.39. The molecule has 222 valence electrons. The maximum atomic E-state index is 14.3. The Kier molecular flexibility index (Phi) is 10.1. The molecule has 0 spiro atoms. The van der Waals surface area contributed by atoms with E-state index in [1.807, 2.05) is 91.2 Å². The van der Waals surface area contributed by atoms with Crippen LogP contribution in [-0.4, -0.2) is 54.2 Å². The van der Waals surface area contributed by atoms with Crippen molar-refractivity contribution >= 4 is 46.4 Å². The first-order valence-corrected chi connectivity index (χ1v) is 15.3. The third-order valence-electron chi connectivity index (χ3n) is 7.09. The maximum Gasteiger partial charge on any atom is 0.325 e. The summed E-state index contributed by atoms with van der Waals surface area (Å²) < 4.78 is 11.5. The number of halogens is 1. The molecule has 8 nitrogen and oxygen atoms in total. The summed E-state index contributed by atoms with van der Waals surface area (Å²) in [4.78, 5) is 44.5. The minimum atomic E-state index is -0.968. The molecule has 4 aromatic rings. The zero-order valence-corrected chi connectivity index (χ0v) is 25.2. The minimum absolute atomic E-state index is 0.111. The lowest BCUT2D eigenvalue weighted by molar-refractivity contribution is -0.150. The van der Waals surface area contributed by atoms with Crippen molar-refractivity contribution in [3.8, 4) is 11.5 Å². The van der Waals surface area contributed by atoms with Gasteiger partial charge in [-0.3, -0.25) is 19.3 Å². The van der Waals surface area contributed by atoms with Gasteiger partial charge in [-0.15, -0.1) is 22.9 Å². The molecule has 2 heterocycles. The highest BCUT2D eigenvalue weighted by Crippen LogP contribution is 2.36. The fraction of sp³-hybridized carbons (Fsp3) is 0.242. The summed E-state index contributed by atoms with van der Waals surface area (Å²) in [5.41, 5.74) is 2.17. The number of carbonyl (C=O) groups is 3. The Bertz CT molecular complexity index is 1530. The number of benzene rings is 3.